The summed E-state index contributed by atoms with van der Waals surface area (Å²) in [7, 11) is -4.24. The van der Waals surface area contributed by atoms with Gasteiger partial charge < -0.3 is 0 Å². The van der Waals surface area contributed by atoms with E-state index in [0.717, 1.165) is 30.4 Å². The molecule has 1 atom stereocenters. The minimum Gasteiger partial charge on any atom is -0.282 e. The molecular formula is C28H42O3S. The molecule has 0 aliphatic rings. The van der Waals surface area contributed by atoms with Gasteiger partial charge in [0.1, 0.15) is 0 Å². The van der Waals surface area contributed by atoms with Crippen LogP contribution >= 0.6 is 0 Å². The number of hydrogen-bond donors (Lipinski definition) is 1. The standard InChI is InChI=1S/C28H42O3S/c1-3-5-6-7-8-9-10-11-12-14-20-26-21-17-22-28(32(29,30)31)27(26)23-24(4-2)25-18-15-13-16-19-25/h13,15-19,21-22,24H,3-12,14,20,23H2,1-2H3,(H,29,30,31). The van der Waals surface area contributed by atoms with E-state index in [1.807, 2.05) is 24.3 Å². The van der Waals surface area contributed by atoms with Crippen LogP contribution in [0.3, 0.4) is 0 Å². The van der Waals surface area contributed by atoms with Crippen LogP contribution in [0.25, 0.3) is 0 Å². The molecule has 2 aromatic rings. The molecule has 0 aliphatic heterocycles. The highest BCUT2D eigenvalue weighted by atomic mass is 32.2. The molecule has 0 saturated heterocycles. The number of rotatable bonds is 16. The van der Waals surface area contributed by atoms with E-state index in [9.17, 15) is 13.0 Å². The van der Waals surface area contributed by atoms with Crippen molar-refractivity contribution in [3.8, 4) is 0 Å². The molecule has 1 unspecified atom stereocenters. The Morgan fingerprint density at radius 1 is 0.750 bits per heavy atom. The third kappa shape index (κ3) is 9.07. The summed E-state index contributed by atoms with van der Waals surface area (Å²) in [5.74, 6) is 0.227. The Morgan fingerprint density at radius 2 is 1.34 bits per heavy atom. The van der Waals surface area contributed by atoms with Crippen LogP contribution < -0.4 is 0 Å². The monoisotopic (exact) mass is 458 g/mol. The quantitative estimate of drug-likeness (QED) is 0.204. The van der Waals surface area contributed by atoms with E-state index < -0.39 is 10.1 Å². The van der Waals surface area contributed by atoms with Gasteiger partial charge in [0.15, 0.2) is 0 Å². The molecule has 0 fully saturated rings. The predicted octanol–water partition coefficient (Wildman–Crippen LogP) is 8.13. The van der Waals surface area contributed by atoms with Gasteiger partial charge >= 0.3 is 0 Å². The molecule has 0 aromatic heterocycles. The van der Waals surface area contributed by atoms with Crippen LogP contribution in [0, 0.1) is 0 Å². The second kappa shape index (κ2) is 14.5. The summed E-state index contributed by atoms with van der Waals surface area (Å²) < 4.78 is 34.1. The SMILES string of the molecule is CCCCCCCCCCCCc1cccc(S(=O)(=O)O)c1CC(CC)c1ccccc1. The van der Waals surface area contributed by atoms with Gasteiger partial charge in [0.2, 0.25) is 0 Å². The molecule has 32 heavy (non-hydrogen) atoms. The van der Waals surface area contributed by atoms with Crippen LogP contribution in [0.15, 0.2) is 53.4 Å². The zero-order chi connectivity index (χ0) is 23.2. The lowest BCUT2D eigenvalue weighted by molar-refractivity contribution is 0.481. The lowest BCUT2D eigenvalue weighted by Crippen LogP contribution is -2.11. The molecular weight excluding hydrogens is 416 g/mol. The molecule has 3 nitrogen and oxygen atoms in total. The van der Waals surface area contributed by atoms with E-state index in [4.69, 9.17) is 0 Å². The lowest BCUT2D eigenvalue weighted by Gasteiger charge is -2.20. The maximum Gasteiger partial charge on any atom is 0.294 e. The molecule has 0 amide bonds. The summed E-state index contributed by atoms with van der Waals surface area (Å²) in [6.07, 6.45) is 15.2. The molecule has 1 N–H and O–H groups in total. The Balaban J connectivity index is 1.98. The topological polar surface area (TPSA) is 54.4 Å². The number of aryl methyl sites for hydroxylation is 1. The van der Waals surface area contributed by atoms with Crippen molar-refractivity contribution in [1.29, 1.82) is 0 Å². The molecule has 0 heterocycles. The van der Waals surface area contributed by atoms with Gasteiger partial charge in [-0.25, -0.2) is 0 Å². The van der Waals surface area contributed by atoms with E-state index >= 15 is 0 Å². The normalized spacial score (nSPS) is 12.7. The summed E-state index contributed by atoms with van der Waals surface area (Å²) in [4.78, 5) is 0.0801. The molecule has 4 heteroatoms. The van der Waals surface area contributed by atoms with Gasteiger partial charge in [-0.3, -0.25) is 4.55 Å². The van der Waals surface area contributed by atoms with Crippen molar-refractivity contribution in [3.63, 3.8) is 0 Å². The smallest absolute Gasteiger partial charge is 0.282 e. The number of benzene rings is 2. The van der Waals surface area contributed by atoms with Gasteiger partial charge in [-0.2, -0.15) is 8.42 Å². The second-order valence-corrected chi connectivity index (χ2v) is 10.4. The summed E-state index contributed by atoms with van der Waals surface area (Å²) in [6, 6.07) is 15.6. The fraction of sp³-hybridized carbons (Fsp3) is 0.571. The van der Waals surface area contributed by atoms with Gasteiger partial charge in [-0.15, -0.1) is 0 Å². The largest absolute Gasteiger partial charge is 0.294 e. The summed E-state index contributed by atoms with van der Waals surface area (Å²) in [5, 5.41) is 0. The molecule has 0 bridgehead atoms. The fourth-order valence-corrected chi connectivity index (χ4v) is 5.37. The summed E-state index contributed by atoms with van der Waals surface area (Å²) in [6.45, 7) is 4.39. The first-order valence-corrected chi connectivity index (χ1v) is 14.0. The van der Waals surface area contributed by atoms with Crippen LogP contribution in [0.2, 0.25) is 0 Å². The Labute approximate surface area is 196 Å². The highest BCUT2D eigenvalue weighted by Gasteiger charge is 2.21. The second-order valence-electron chi connectivity index (χ2n) is 9.02. The molecule has 0 aliphatic carbocycles. The van der Waals surface area contributed by atoms with Crippen LogP contribution in [-0.4, -0.2) is 13.0 Å². The zero-order valence-corrected chi connectivity index (χ0v) is 20.9. The Morgan fingerprint density at radius 3 is 1.91 bits per heavy atom. The number of unbranched alkanes of at least 4 members (excludes halogenated alkanes) is 9. The average Bonchev–Trinajstić information content (AvgIpc) is 2.79. The van der Waals surface area contributed by atoms with E-state index in [0.29, 0.717) is 6.42 Å². The Hall–Kier alpha value is -1.65. The number of hydrogen-bond acceptors (Lipinski definition) is 2. The third-order valence-electron chi connectivity index (χ3n) is 6.52. The van der Waals surface area contributed by atoms with Gasteiger partial charge in [-0.1, -0.05) is 114 Å². The average molecular weight is 459 g/mol. The van der Waals surface area contributed by atoms with Gasteiger partial charge in [-0.05, 0) is 54.4 Å². The molecule has 2 aromatic carbocycles. The predicted molar refractivity (Wildman–Crippen MR) is 135 cm³/mol. The van der Waals surface area contributed by atoms with Gasteiger partial charge in [0.25, 0.3) is 10.1 Å². The Bertz CT molecular complexity index is 875. The van der Waals surface area contributed by atoms with Crippen molar-refractivity contribution in [2.45, 2.75) is 108 Å². The maximum atomic E-state index is 12.1. The minimum atomic E-state index is -4.24. The van der Waals surface area contributed by atoms with Gasteiger partial charge in [0, 0.05) is 0 Å². The van der Waals surface area contributed by atoms with E-state index in [1.165, 1.54) is 63.4 Å². The van der Waals surface area contributed by atoms with Gasteiger partial charge in [0.05, 0.1) is 4.90 Å². The van der Waals surface area contributed by atoms with Crippen molar-refractivity contribution in [1.82, 2.24) is 0 Å². The summed E-state index contributed by atoms with van der Waals surface area (Å²) >= 11 is 0. The lowest BCUT2D eigenvalue weighted by atomic mass is 9.87. The molecule has 0 saturated carbocycles. The zero-order valence-electron chi connectivity index (χ0n) is 20.1. The maximum absolute atomic E-state index is 12.1. The van der Waals surface area contributed by atoms with Crippen molar-refractivity contribution < 1.29 is 13.0 Å². The van der Waals surface area contributed by atoms with Crippen molar-refractivity contribution in [2.24, 2.45) is 0 Å². The minimum absolute atomic E-state index is 0.0801. The highest BCUT2D eigenvalue weighted by molar-refractivity contribution is 7.85. The van der Waals surface area contributed by atoms with Crippen molar-refractivity contribution in [3.05, 3.63) is 65.2 Å². The highest BCUT2D eigenvalue weighted by Crippen LogP contribution is 2.30. The molecule has 0 spiro atoms. The first-order valence-electron chi connectivity index (χ1n) is 12.6. The van der Waals surface area contributed by atoms with E-state index in [2.05, 4.69) is 26.0 Å². The summed E-state index contributed by atoms with van der Waals surface area (Å²) in [5.41, 5.74) is 3.07. The van der Waals surface area contributed by atoms with Crippen LogP contribution in [0.4, 0.5) is 0 Å². The van der Waals surface area contributed by atoms with Crippen molar-refractivity contribution in [2.75, 3.05) is 0 Å². The van der Waals surface area contributed by atoms with Crippen LogP contribution in [-0.2, 0) is 23.0 Å². The molecule has 0 radical (unpaired) electrons. The molecule has 2 rings (SSSR count). The Kier molecular flexibility index (Phi) is 12.0. The first kappa shape index (κ1) is 26.6. The molecule has 178 valence electrons. The first-order chi connectivity index (χ1) is 15.5. The fourth-order valence-electron chi connectivity index (χ4n) is 4.59. The van der Waals surface area contributed by atoms with Crippen molar-refractivity contribution >= 4 is 10.1 Å². The van der Waals surface area contributed by atoms with Crippen LogP contribution in [0.5, 0.6) is 0 Å². The third-order valence-corrected chi connectivity index (χ3v) is 7.46. The van der Waals surface area contributed by atoms with E-state index in [1.54, 1.807) is 12.1 Å². The van der Waals surface area contributed by atoms with Crippen LogP contribution in [0.1, 0.15) is 107 Å². The van der Waals surface area contributed by atoms with E-state index in [-0.39, 0.29) is 10.8 Å².